The third-order valence-electron chi connectivity index (χ3n) is 1.55. The Morgan fingerprint density at radius 3 is 1.78 bits per heavy atom. The SMILES string of the molecule is [C-]#[N+]CC(=O)NCC(=O)NCC(=O)NCC(=O)O. The number of aliphatic carboxylic acids is 1. The van der Waals surface area contributed by atoms with E-state index in [1.807, 2.05) is 5.32 Å². The number of carboxylic acid groups (broad SMARTS) is 1. The molecule has 0 fully saturated rings. The fraction of sp³-hybridized carbons (Fsp3) is 0.444. The first-order valence-corrected chi connectivity index (χ1v) is 4.80. The van der Waals surface area contributed by atoms with E-state index in [9.17, 15) is 19.2 Å². The number of nitrogens with zero attached hydrogens (tertiary/aromatic N) is 1. The molecule has 0 aliphatic rings. The topological polar surface area (TPSA) is 129 Å². The number of amides is 3. The van der Waals surface area contributed by atoms with Crippen molar-refractivity contribution in [2.24, 2.45) is 0 Å². The molecule has 3 amide bonds. The van der Waals surface area contributed by atoms with Crippen molar-refractivity contribution in [2.45, 2.75) is 0 Å². The van der Waals surface area contributed by atoms with Crippen LogP contribution in [0.5, 0.6) is 0 Å². The van der Waals surface area contributed by atoms with Crippen LogP contribution in [0.1, 0.15) is 0 Å². The zero-order chi connectivity index (χ0) is 14.0. The van der Waals surface area contributed by atoms with E-state index in [0.717, 1.165) is 0 Å². The number of rotatable bonds is 7. The standard InChI is InChI=1S/C9H12N4O5/c1-10-2-6(14)11-3-7(15)12-4-8(16)13-5-9(17)18/h2-5H2,(H,11,14)(H,12,15)(H,13,16)(H,17,18). The van der Waals surface area contributed by atoms with E-state index < -0.39 is 30.2 Å². The maximum atomic E-state index is 11.1. The molecule has 98 valence electrons. The Hall–Kier alpha value is -2.63. The summed E-state index contributed by atoms with van der Waals surface area (Å²) < 4.78 is 0. The lowest BCUT2D eigenvalue weighted by Gasteiger charge is -2.05. The lowest BCUT2D eigenvalue weighted by Crippen LogP contribution is -2.43. The molecular formula is C9H12N4O5. The molecule has 9 heteroatoms. The minimum absolute atomic E-state index is 0.347. The van der Waals surface area contributed by atoms with Crippen molar-refractivity contribution >= 4 is 23.7 Å². The highest BCUT2D eigenvalue weighted by molar-refractivity contribution is 5.89. The highest BCUT2D eigenvalue weighted by Crippen LogP contribution is 1.71. The summed E-state index contributed by atoms with van der Waals surface area (Å²) in [5, 5.41) is 14.6. The summed E-state index contributed by atoms with van der Waals surface area (Å²) in [5.41, 5.74) is 0. The van der Waals surface area contributed by atoms with Gasteiger partial charge in [-0.05, 0) is 0 Å². The molecule has 0 unspecified atom stereocenters. The van der Waals surface area contributed by atoms with Gasteiger partial charge in [0.15, 0.2) is 0 Å². The van der Waals surface area contributed by atoms with Crippen molar-refractivity contribution in [1.82, 2.24) is 16.0 Å². The van der Waals surface area contributed by atoms with Crippen LogP contribution >= 0.6 is 0 Å². The summed E-state index contributed by atoms with van der Waals surface area (Å²) in [6.07, 6.45) is 0. The predicted molar refractivity (Wildman–Crippen MR) is 58.1 cm³/mol. The molecule has 0 aromatic heterocycles. The quantitative estimate of drug-likeness (QED) is 0.369. The molecule has 0 spiro atoms. The van der Waals surface area contributed by atoms with E-state index >= 15 is 0 Å². The van der Waals surface area contributed by atoms with Gasteiger partial charge in [0.05, 0.1) is 13.1 Å². The van der Waals surface area contributed by atoms with Crippen LogP contribution in [0.25, 0.3) is 4.85 Å². The van der Waals surface area contributed by atoms with Gasteiger partial charge < -0.3 is 25.9 Å². The smallest absolute Gasteiger partial charge is 0.322 e. The molecule has 0 radical (unpaired) electrons. The maximum absolute atomic E-state index is 11.1. The van der Waals surface area contributed by atoms with Gasteiger partial charge >= 0.3 is 11.9 Å². The van der Waals surface area contributed by atoms with E-state index in [1.165, 1.54) is 0 Å². The van der Waals surface area contributed by atoms with E-state index in [2.05, 4.69) is 15.5 Å². The van der Waals surface area contributed by atoms with Crippen LogP contribution in [0.4, 0.5) is 0 Å². The molecule has 0 heterocycles. The Balaban J connectivity index is 3.71. The Bertz CT molecular complexity index is 387. The number of carbonyl (C=O) groups is 4. The van der Waals surface area contributed by atoms with Gasteiger partial charge in [-0.15, -0.1) is 0 Å². The van der Waals surface area contributed by atoms with Crippen LogP contribution in [0.15, 0.2) is 0 Å². The Labute approximate surface area is 102 Å². The molecule has 0 bridgehead atoms. The minimum atomic E-state index is -1.19. The second-order valence-corrected chi connectivity index (χ2v) is 3.04. The van der Waals surface area contributed by atoms with Crippen molar-refractivity contribution in [3.05, 3.63) is 11.4 Å². The number of carbonyl (C=O) groups excluding carboxylic acids is 3. The summed E-state index contributed by atoms with van der Waals surface area (Å²) in [4.78, 5) is 45.8. The number of hydrogen-bond acceptors (Lipinski definition) is 4. The molecule has 0 aliphatic carbocycles. The lowest BCUT2D eigenvalue weighted by molar-refractivity contribution is -0.137. The lowest BCUT2D eigenvalue weighted by atomic mass is 10.5. The predicted octanol–water partition coefficient (Wildman–Crippen LogP) is -2.66. The summed E-state index contributed by atoms with van der Waals surface area (Å²) in [6.45, 7) is 4.77. The van der Waals surface area contributed by atoms with Crippen LogP contribution in [0, 0.1) is 6.57 Å². The number of carboxylic acids is 1. The molecule has 9 nitrogen and oxygen atoms in total. The summed E-state index contributed by atoms with van der Waals surface area (Å²) in [5.74, 6) is -3.05. The van der Waals surface area contributed by atoms with Gasteiger partial charge in [-0.25, -0.2) is 6.57 Å². The van der Waals surface area contributed by atoms with E-state index in [4.69, 9.17) is 11.7 Å². The van der Waals surface area contributed by atoms with Gasteiger partial charge in [-0.3, -0.25) is 19.2 Å². The zero-order valence-corrected chi connectivity index (χ0v) is 9.36. The minimum Gasteiger partial charge on any atom is -0.480 e. The number of hydrogen-bond donors (Lipinski definition) is 4. The maximum Gasteiger partial charge on any atom is 0.322 e. The van der Waals surface area contributed by atoms with Crippen LogP contribution < -0.4 is 16.0 Å². The van der Waals surface area contributed by atoms with Crippen molar-refractivity contribution in [1.29, 1.82) is 0 Å². The first-order valence-electron chi connectivity index (χ1n) is 4.80. The van der Waals surface area contributed by atoms with E-state index in [1.54, 1.807) is 0 Å². The Morgan fingerprint density at radius 1 is 0.889 bits per heavy atom. The van der Waals surface area contributed by atoms with Gasteiger partial charge in [-0.2, -0.15) is 0 Å². The van der Waals surface area contributed by atoms with E-state index in [0.29, 0.717) is 0 Å². The van der Waals surface area contributed by atoms with Crippen LogP contribution in [-0.2, 0) is 19.2 Å². The molecule has 0 rings (SSSR count). The van der Waals surface area contributed by atoms with Crippen molar-refractivity contribution < 1.29 is 24.3 Å². The summed E-state index contributed by atoms with van der Waals surface area (Å²) >= 11 is 0. The van der Waals surface area contributed by atoms with Gasteiger partial charge in [0, 0.05) is 0 Å². The summed E-state index contributed by atoms with van der Waals surface area (Å²) in [6, 6.07) is 0. The molecule has 0 aromatic rings. The van der Waals surface area contributed by atoms with Gasteiger partial charge in [0.2, 0.25) is 11.8 Å². The van der Waals surface area contributed by atoms with Crippen LogP contribution in [-0.4, -0.2) is 55.0 Å². The molecule has 0 saturated carbocycles. The van der Waals surface area contributed by atoms with Crippen molar-refractivity contribution in [3.63, 3.8) is 0 Å². The van der Waals surface area contributed by atoms with E-state index in [-0.39, 0.29) is 19.6 Å². The van der Waals surface area contributed by atoms with Crippen LogP contribution in [0.2, 0.25) is 0 Å². The van der Waals surface area contributed by atoms with Crippen LogP contribution in [0.3, 0.4) is 0 Å². The van der Waals surface area contributed by atoms with Gasteiger partial charge in [0.25, 0.3) is 6.54 Å². The third-order valence-corrected chi connectivity index (χ3v) is 1.55. The second-order valence-electron chi connectivity index (χ2n) is 3.04. The fourth-order valence-electron chi connectivity index (χ4n) is 0.785. The molecule has 0 aromatic carbocycles. The molecule has 18 heavy (non-hydrogen) atoms. The largest absolute Gasteiger partial charge is 0.480 e. The molecule has 4 N–H and O–H groups in total. The van der Waals surface area contributed by atoms with Gasteiger partial charge in [-0.1, -0.05) is 0 Å². The fourth-order valence-corrected chi connectivity index (χ4v) is 0.785. The van der Waals surface area contributed by atoms with Gasteiger partial charge in [0.1, 0.15) is 6.54 Å². The summed E-state index contributed by atoms with van der Waals surface area (Å²) in [7, 11) is 0. The average molecular weight is 256 g/mol. The first kappa shape index (κ1) is 15.4. The average Bonchev–Trinajstić information content (AvgIpc) is 2.31. The van der Waals surface area contributed by atoms with Crippen molar-refractivity contribution in [3.8, 4) is 0 Å². The third kappa shape index (κ3) is 8.66. The number of nitrogens with one attached hydrogen (secondary N) is 3. The Morgan fingerprint density at radius 2 is 1.33 bits per heavy atom. The highest BCUT2D eigenvalue weighted by atomic mass is 16.4. The second kappa shape index (κ2) is 8.51. The zero-order valence-electron chi connectivity index (χ0n) is 9.36. The highest BCUT2D eigenvalue weighted by Gasteiger charge is 2.09. The van der Waals surface area contributed by atoms with Crippen molar-refractivity contribution in [2.75, 3.05) is 26.2 Å². The molecular weight excluding hydrogens is 244 g/mol. The normalized spacial score (nSPS) is 8.83. The molecule has 0 aliphatic heterocycles. The molecule has 0 atom stereocenters. The first-order chi connectivity index (χ1) is 8.45. The Kier molecular flexibility index (Phi) is 7.27. The monoisotopic (exact) mass is 256 g/mol. The molecule has 0 saturated heterocycles.